The highest BCUT2D eigenvalue weighted by molar-refractivity contribution is 5.97. The predicted octanol–water partition coefficient (Wildman–Crippen LogP) is 1.01. The van der Waals surface area contributed by atoms with Crippen LogP contribution in [0.3, 0.4) is 0 Å². The van der Waals surface area contributed by atoms with Crippen molar-refractivity contribution < 1.29 is 14.3 Å². The number of carbonyl (C=O) groups is 2. The Kier molecular flexibility index (Phi) is 3.74. The van der Waals surface area contributed by atoms with Crippen LogP contribution in [0.5, 0.6) is 0 Å². The van der Waals surface area contributed by atoms with Crippen molar-refractivity contribution in [3.05, 3.63) is 23.5 Å². The van der Waals surface area contributed by atoms with Crippen molar-refractivity contribution in [3.8, 4) is 0 Å². The van der Waals surface area contributed by atoms with E-state index in [-0.39, 0.29) is 24.1 Å². The van der Waals surface area contributed by atoms with Crippen molar-refractivity contribution in [2.24, 2.45) is 0 Å². The van der Waals surface area contributed by atoms with Crippen LogP contribution in [0.2, 0.25) is 0 Å². The molecule has 0 aromatic carbocycles. The number of amides is 3. The molecule has 2 atom stereocenters. The smallest absolute Gasteiger partial charge is 0.319 e. The highest BCUT2D eigenvalue weighted by Gasteiger charge is 2.28. The van der Waals surface area contributed by atoms with Crippen molar-refractivity contribution in [2.45, 2.75) is 38.0 Å². The minimum absolute atomic E-state index is 0.0423. The summed E-state index contributed by atoms with van der Waals surface area (Å²) in [7, 11) is 1.66. The van der Waals surface area contributed by atoms with Crippen LogP contribution in [-0.4, -0.2) is 36.2 Å². The van der Waals surface area contributed by atoms with Gasteiger partial charge in [-0.2, -0.15) is 0 Å². The van der Waals surface area contributed by atoms with Gasteiger partial charge in [-0.05, 0) is 25.3 Å². The van der Waals surface area contributed by atoms with Gasteiger partial charge in [0.2, 0.25) is 0 Å². The molecule has 112 valence electrons. The number of urea groups is 1. The third-order valence-electron chi connectivity index (χ3n) is 3.95. The molecule has 1 aromatic heterocycles. The number of anilines is 1. The Hall–Kier alpha value is -2.15. The Balaban J connectivity index is 1.61. The van der Waals surface area contributed by atoms with Gasteiger partial charge < -0.3 is 20.7 Å². The van der Waals surface area contributed by atoms with Crippen molar-refractivity contribution in [2.75, 3.05) is 12.4 Å². The lowest BCUT2D eigenvalue weighted by Crippen LogP contribution is -2.42. The van der Waals surface area contributed by atoms with E-state index in [1.165, 1.54) is 6.20 Å². The van der Waals surface area contributed by atoms with Crippen LogP contribution in [0.1, 0.15) is 35.3 Å². The van der Waals surface area contributed by atoms with Crippen molar-refractivity contribution >= 4 is 17.6 Å². The molecule has 0 bridgehead atoms. The van der Waals surface area contributed by atoms with Gasteiger partial charge in [0.25, 0.3) is 5.91 Å². The number of ether oxygens (including phenoxy) is 1. The fraction of sp³-hybridized carbons (Fsp3) is 0.500. The fourth-order valence-corrected chi connectivity index (χ4v) is 2.89. The molecule has 2 aliphatic rings. The summed E-state index contributed by atoms with van der Waals surface area (Å²) in [6.07, 6.45) is 4.52. The summed E-state index contributed by atoms with van der Waals surface area (Å²) in [5.74, 6) is -0.171. The van der Waals surface area contributed by atoms with Gasteiger partial charge in [0.15, 0.2) is 0 Å². The molecule has 0 unspecified atom stereocenters. The van der Waals surface area contributed by atoms with E-state index in [0.29, 0.717) is 17.9 Å². The summed E-state index contributed by atoms with van der Waals surface area (Å²) >= 11 is 0. The molecule has 7 heteroatoms. The van der Waals surface area contributed by atoms with Gasteiger partial charge in [-0.15, -0.1) is 0 Å². The van der Waals surface area contributed by atoms with E-state index in [1.54, 1.807) is 13.2 Å². The Morgan fingerprint density at radius 2 is 2.33 bits per heavy atom. The number of rotatable bonds is 3. The van der Waals surface area contributed by atoms with Crippen molar-refractivity contribution in [1.82, 2.24) is 15.6 Å². The molecule has 2 heterocycles. The molecule has 0 radical (unpaired) electrons. The van der Waals surface area contributed by atoms with E-state index in [4.69, 9.17) is 4.74 Å². The van der Waals surface area contributed by atoms with Crippen molar-refractivity contribution in [1.29, 1.82) is 0 Å². The monoisotopic (exact) mass is 290 g/mol. The van der Waals surface area contributed by atoms with Crippen LogP contribution in [-0.2, 0) is 11.3 Å². The average molecular weight is 290 g/mol. The molecule has 3 N–H and O–H groups in total. The van der Waals surface area contributed by atoms with E-state index in [9.17, 15) is 9.59 Å². The largest absolute Gasteiger partial charge is 0.379 e. The van der Waals surface area contributed by atoms with Gasteiger partial charge in [-0.3, -0.25) is 4.79 Å². The summed E-state index contributed by atoms with van der Waals surface area (Å²) < 4.78 is 5.35. The number of hydrogen-bond donors (Lipinski definition) is 3. The molecule has 1 saturated carbocycles. The van der Waals surface area contributed by atoms with Crippen LogP contribution in [0.4, 0.5) is 10.5 Å². The van der Waals surface area contributed by atoms with E-state index in [1.807, 2.05) is 0 Å². The zero-order valence-electron chi connectivity index (χ0n) is 11.8. The Morgan fingerprint density at radius 1 is 1.48 bits per heavy atom. The first-order chi connectivity index (χ1) is 10.2. The highest BCUT2D eigenvalue weighted by atomic mass is 16.5. The molecule has 1 aliphatic heterocycles. The topological polar surface area (TPSA) is 92.3 Å². The Labute approximate surface area is 122 Å². The van der Waals surface area contributed by atoms with Gasteiger partial charge in [0.1, 0.15) is 5.69 Å². The SMILES string of the molecule is CO[C@@H]1CCC[C@H]1NC(=O)Nc1cnc2c(c1)CNC2=O. The zero-order valence-corrected chi connectivity index (χ0v) is 11.8. The normalized spacial score (nSPS) is 23.6. The minimum Gasteiger partial charge on any atom is -0.379 e. The molecule has 0 saturated heterocycles. The quantitative estimate of drug-likeness (QED) is 0.774. The molecule has 1 aromatic rings. The first-order valence-corrected chi connectivity index (χ1v) is 7.05. The van der Waals surface area contributed by atoms with E-state index < -0.39 is 0 Å². The Morgan fingerprint density at radius 3 is 3.14 bits per heavy atom. The van der Waals surface area contributed by atoms with E-state index in [0.717, 1.165) is 24.8 Å². The predicted molar refractivity (Wildman–Crippen MR) is 76.0 cm³/mol. The molecule has 7 nitrogen and oxygen atoms in total. The number of nitrogens with one attached hydrogen (secondary N) is 3. The molecular weight excluding hydrogens is 272 g/mol. The zero-order chi connectivity index (χ0) is 14.8. The molecule has 1 fully saturated rings. The minimum atomic E-state index is -0.275. The van der Waals surface area contributed by atoms with Gasteiger partial charge >= 0.3 is 6.03 Å². The number of hydrogen-bond acceptors (Lipinski definition) is 4. The summed E-state index contributed by atoms with van der Waals surface area (Å²) in [6, 6.07) is 1.53. The van der Waals surface area contributed by atoms with Gasteiger partial charge in [0.05, 0.1) is 24.0 Å². The number of carbonyl (C=O) groups excluding carboxylic acids is 2. The van der Waals surface area contributed by atoms with E-state index >= 15 is 0 Å². The van der Waals surface area contributed by atoms with Crippen molar-refractivity contribution in [3.63, 3.8) is 0 Å². The number of fused-ring (bicyclic) bond motifs is 1. The maximum atomic E-state index is 12.0. The van der Waals surface area contributed by atoms with Crippen LogP contribution >= 0.6 is 0 Å². The number of pyridine rings is 1. The lowest BCUT2D eigenvalue weighted by molar-refractivity contribution is 0.0882. The lowest BCUT2D eigenvalue weighted by Gasteiger charge is -2.19. The van der Waals surface area contributed by atoms with E-state index in [2.05, 4.69) is 20.9 Å². The molecular formula is C14H18N4O3. The first kappa shape index (κ1) is 13.8. The molecule has 0 spiro atoms. The van der Waals surface area contributed by atoms with Crippen LogP contribution < -0.4 is 16.0 Å². The van der Waals surface area contributed by atoms with Gasteiger partial charge in [0, 0.05) is 19.2 Å². The number of aromatic nitrogens is 1. The Bertz CT molecular complexity index is 575. The fourth-order valence-electron chi connectivity index (χ4n) is 2.89. The van der Waals surface area contributed by atoms with Gasteiger partial charge in [-0.1, -0.05) is 0 Å². The first-order valence-electron chi connectivity index (χ1n) is 7.05. The summed E-state index contributed by atoms with van der Waals surface area (Å²) in [5.41, 5.74) is 1.80. The second kappa shape index (κ2) is 5.69. The highest BCUT2D eigenvalue weighted by Crippen LogP contribution is 2.22. The lowest BCUT2D eigenvalue weighted by atomic mass is 10.2. The van der Waals surface area contributed by atoms with Crippen LogP contribution in [0, 0.1) is 0 Å². The van der Waals surface area contributed by atoms with Gasteiger partial charge in [-0.25, -0.2) is 9.78 Å². The molecule has 21 heavy (non-hydrogen) atoms. The molecule has 3 rings (SSSR count). The number of methoxy groups -OCH3 is 1. The van der Waals surface area contributed by atoms with Crippen LogP contribution in [0.25, 0.3) is 0 Å². The third kappa shape index (κ3) is 2.82. The average Bonchev–Trinajstić information content (AvgIpc) is 3.05. The third-order valence-corrected chi connectivity index (χ3v) is 3.95. The maximum absolute atomic E-state index is 12.0. The summed E-state index contributed by atoms with van der Waals surface area (Å²) in [6.45, 7) is 0.451. The van der Waals surface area contributed by atoms with Crippen LogP contribution in [0.15, 0.2) is 12.3 Å². The summed E-state index contributed by atoms with van der Waals surface area (Å²) in [5, 5.41) is 8.36. The standard InChI is InChI=1S/C14H18N4O3/c1-21-11-4-2-3-10(11)18-14(20)17-9-5-8-6-16-13(19)12(8)15-7-9/h5,7,10-11H,2-4,6H2,1H3,(H,16,19)(H2,17,18,20)/t10-,11-/m1/s1. The second-order valence-electron chi connectivity index (χ2n) is 5.32. The second-order valence-corrected chi connectivity index (χ2v) is 5.32. The number of nitrogens with zero attached hydrogens (tertiary/aromatic N) is 1. The molecule has 1 aliphatic carbocycles. The molecule has 3 amide bonds. The maximum Gasteiger partial charge on any atom is 0.319 e. The summed E-state index contributed by atoms with van der Waals surface area (Å²) in [4.78, 5) is 27.5.